The standard InChI is InChI=1S/C12H16N2O3/c1-14(2)8-11(15)13-12(16)9-6-4-5-7-10(9)17-3/h4-7H,8H2,1-3H3,(H,13,15,16). The minimum Gasteiger partial charge on any atom is -0.496 e. The summed E-state index contributed by atoms with van der Waals surface area (Å²) in [6.07, 6.45) is 0. The number of hydrogen-bond donors (Lipinski definition) is 1. The van der Waals surface area contributed by atoms with Crippen LogP contribution in [0.15, 0.2) is 24.3 Å². The van der Waals surface area contributed by atoms with Crippen molar-refractivity contribution in [2.24, 2.45) is 0 Å². The zero-order valence-electron chi connectivity index (χ0n) is 10.2. The number of hydrogen-bond acceptors (Lipinski definition) is 4. The van der Waals surface area contributed by atoms with Gasteiger partial charge in [0, 0.05) is 0 Å². The number of methoxy groups -OCH3 is 1. The van der Waals surface area contributed by atoms with Crippen LogP contribution in [-0.2, 0) is 4.79 Å². The molecule has 1 aromatic carbocycles. The van der Waals surface area contributed by atoms with Gasteiger partial charge >= 0.3 is 0 Å². The van der Waals surface area contributed by atoms with Crippen LogP contribution < -0.4 is 10.1 Å². The van der Waals surface area contributed by atoms with Crippen molar-refractivity contribution >= 4 is 11.8 Å². The molecule has 0 spiro atoms. The highest BCUT2D eigenvalue weighted by atomic mass is 16.5. The number of carbonyl (C=O) groups excluding carboxylic acids is 2. The van der Waals surface area contributed by atoms with Crippen molar-refractivity contribution < 1.29 is 14.3 Å². The van der Waals surface area contributed by atoms with Gasteiger partial charge in [-0.05, 0) is 26.2 Å². The second-order valence-corrected chi connectivity index (χ2v) is 3.82. The van der Waals surface area contributed by atoms with Gasteiger partial charge < -0.3 is 9.64 Å². The number of likely N-dealkylation sites (N-methyl/N-ethyl adjacent to an activating group) is 1. The number of benzene rings is 1. The molecule has 0 saturated carbocycles. The summed E-state index contributed by atoms with van der Waals surface area (Å²) in [7, 11) is 4.99. The molecule has 0 saturated heterocycles. The summed E-state index contributed by atoms with van der Waals surface area (Å²) in [6, 6.07) is 6.76. The minimum atomic E-state index is -0.450. The maximum absolute atomic E-state index is 11.8. The van der Waals surface area contributed by atoms with E-state index in [0.29, 0.717) is 11.3 Å². The van der Waals surface area contributed by atoms with E-state index >= 15 is 0 Å². The molecule has 0 radical (unpaired) electrons. The molecule has 0 unspecified atom stereocenters. The highest BCUT2D eigenvalue weighted by Gasteiger charge is 2.14. The van der Waals surface area contributed by atoms with Crippen molar-refractivity contribution in [3.8, 4) is 5.75 Å². The first-order chi connectivity index (χ1) is 8.04. The molecule has 0 aliphatic carbocycles. The van der Waals surface area contributed by atoms with Crippen LogP contribution in [0.3, 0.4) is 0 Å². The fourth-order valence-corrected chi connectivity index (χ4v) is 1.35. The van der Waals surface area contributed by atoms with Crippen LogP contribution in [0.4, 0.5) is 0 Å². The first kappa shape index (κ1) is 13.2. The molecule has 0 aliphatic heterocycles. The molecule has 0 aromatic heterocycles. The number of amides is 2. The average molecular weight is 236 g/mol. The number of para-hydroxylation sites is 1. The van der Waals surface area contributed by atoms with Gasteiger partial charge in [0.15, 0.2) is 0 Å². The summed E-state index contributed by atoms with van der Waals surface area (Å²) in [4.78, 5) is 24.9. The number of ether oxygens (including phenoxy) is 1. The van der Waals surface area contributed by atoms with Gasteiger partial charge in [0.1, 0.15) is 5.75 Å². The Bertz CT molecular complexity index is 416. The first-order valence-electron chi connectivity index (χ1n) is 5.16. The predicted octanol–water partition coefficient (Wildman–Crippen LogP) is 0.513. The van der Waals surface area contributed by atoms with Crippen LogP contribution in [0.1, 0.15) is 10.4 Å². The van der Waals surface area contributed by atoms with Crippen molar-refractivity contribution in [2.45, 2.75) is 0 Å². The summed E-state index contributed by atoms with van der Waals surface area (Å²) in [5.74, 6) is -0.345. The van der Waals surface area contributed by atoms with Crippen LogP contribution in [0.25, 0.3) is 0 Å². The highest BCUT2D eigenvalue weighted by Crippen LogP contribution is 2.16. The third kappa shape index (κ3) is 3.88. The van der Waals surface area contributed by atoms with E-state index in [9.17, 15) is 9.59 Å². The van der Waals surface area contributed by atoms with Gasteiger partial charge in [-0.25, -0.2) is 0 Å². The van der Waals surface area contributed by atoms with Crippen molar-refractivity contribution in [3.05, 3.63) is 29.8 Å². The van der Waals surface area contributed by atoms with Gasteiger partial charge in [-0.2, -0.15) is 0 Å². The van der Waals surface area contributed by atoms with E-state index in [4.69, 9.17) is 4.74 Å². The van der Waals surface area contributed by atoms with Crippen LogP contribution in [-0.4, -0.2) is 44.5 Å². The smallest absolute Gasteiger partial charge is 0.261 e. The normalized spacial score (nSPS) is 10.1. The number of imide groups is 1. The van der Waals surface area contributed by atoms with E-state index in [1.807, 2.05) is 0 Å². The second kappa shape index (κ2) is 6.00. The third-order valence-corrected chi connectivity index (χ3v) is 2.06. The molecule has 0 atom stereocenters. The first-order valence-corrected chi connectivity index (χ1v) is 5.16. The Labute approximate surface area is 100 Å². The minimum absolute atomic E-state index is 0.168. The van der Waals surface area contributed by atoms with E-state index in [1.165, 1.54) is 7.11 Å². The number of nitrogens with zero attached hydrogens (tertiary/aromatic N) is 1. The van der Waals surface area contributed by atoms with Gasteiger partial charge in [-0.3, -0.25) is 14.9 Å². The van der Waals surface area contributed by atoms with Gasteiger partial charge in [0.2, 0.25) is 5.91 Å². The molecule has 5 heteroatoms. The maximum atomic E-state index is 11.8. The molecule has 0 bridgehead atoms. The van der Waals surface area contributed by atoms with Gasteiger partial charge in [0.05, 0.1) is 19.2 Å². The molecule has 0 heterocycles. The lowest BCUT2D eigenvalue weighted by Gasteiger charge is -2.10. The Hall–Kier alpha value is -1.88. The summed E-state index contributed by atoms with van der Waals surface area (Å²) >= 11 is 0. The van der Waals surface area contributed by atoms with E-state index in [0.717, 1.165) is 0 Å². The Morgan fingerprint density at radius 1 is 1.29 bits per heavy atom. The largest absolute Gasteiger partial charge is 0.496 e. The Morgan fingerprint density at radius 3 is 2.53 bits per heavy atom. The molecule has 5 nitrogen and oxygen atoms in total. The summed E-state index contributed by atoms with van der Waals surface area (Å²) < 4.78 is 5.05. The fraction of sp³-hybridized carbons (Fsp3) is 0.333. The van der Waals surface area contributed by atoms with Crippen LogP contribution in [0, 0.1) is 0 Å². The molecule has 17 heavy (non-hydrogen) atoms. The van der Waals surface area contributed by atoms with Crippen LogP contribution >= 0.6 is 0 Å². The molecular formula is C12H16N2O3. The van der Waals surface area contributed by atoms with Crippen molar-refractivity contribution in [1.29, 1.82) is 0 Å². The fourth-order valence-electron chi connectivity index (χ4n) is 1.35. The van der Waals surface area contributed by atoms with Crippen molar-refractivity contribution in [3.63, 3.8) is 0 Å². The summed E-state index contributed by atoms with van der Waals surface area (Å²) in [5, 5.41) is 2.30. The molecule has 0 fully saturated rings. The zero-order chi connectivity index (χ0) is 12.8. The lowest BCUT2D eigenvalue weighted by atomic mass is 10.2. The van der Waals surface area contributed by atoms with E-state index in [1.54, 1.807) is 43.3 Å². The van der Waals surface area contributed by atoms with Crippen molar-refractivity contribution in [2.75, 3.05) is 27.7 Å². The van der Waals surface area contributed by atoms with Crippen LogP contribution in [0.2, 0.25) is 0 Å². The zero-order valence-corrected chi connectivity index (χ0v) is 10.2. The number of nitrogens with one attached hydrogen (secondary N) is 1. The Balaban J connectivity index is 2.73. The lowest BCUT2D eigenvalue weighted by molar-refractivity contribution is -0.120. The summed E-state index contributed by atoms with van der Waals surface area (Å²) in [5.41, 5.74) is 0.349. The molecule has 92 valence electrons. The predicted molar refractivity (Wildman–Crippen MR) is 64.0 cm³/mol. The monoisotopic (exact) mass is 236 g/mol. The number of rotatable bonds is 4. The quantitative estimate of drug-likeness (QED) is 0.827. The van der Waals surface area contributed by atoms with Crippen molar-refractivity contribution in [1.82, 2.24) is 10.2 Å². The maximum Gasteiger partial charge on any atom is 0.261 e. The Kier molecular flexibility index (Phi) is 4.66. The molecule has 1 N–H and O–H groups in total. The third-order valence-electron chi connectivity index (χ3n) is 2.06. The van der Waals surface area contributed by atoms with E-state index in [2.05, 4.69) is 5.32 Å². The molecule has 1 rings (SSSR count). The molecular weight excluding hydrogens is 220 g/mol. The molecule has 2 amide bonds. The average Bonchev–Trinajstić information content (AvgIpc) is 2.27. The van der Waals surface area contributed by atoms with Gasteiger partial charge in [-0.15, -0.1) is 0 Å². The topological polar surface area (TPSA) is 58.6 Å². The molecule has 1 aromatic rings. The van der Waals surface area contributed by atoms with E-state index < -0.39 is 5.91 Å². The van der Waals surface area contributed by atoms with Gasteiger partial charge in [0.25, 0.3) is 5.91 Å². The SMILES string of the molecule is COc1ccccc1C(=O)NC(=O)CN(C)C. The lowest BCUT2D eigenvalue weighted by Crippen LogP contribution is -2.37. The second-order valence-electron chi connectivity index (χ2n) is 3.82. The molecule has 0 aliphatic rings. The number of carbonyl (C=O) groups is 2. The van der Waals surface area contributed by atoms with Crippen LogP contribution in [0.5, 0.6) is 5.75 Å². The summed E-state index contributed by atoms with van der Waals surface area (Å²) in [6.45, 7) is 0.168. The van der Waals surface area contributed by atoms with Gasteiger partial charge in [-0.1, -0.05) is 12.1 Å². The highest BCUT2D eigenvalue weighted by molar-refractivity contribution is 6.06. The Morgan fingerprint density at radius 2 is 1.94 bits per heavy atom. The van der Waals surface area contributed by atoms with E-state index in [-0.39, 0.29) is 12.5 Å².